The standard InChI is InChI=1S/C38H35F5N4O5/c1-20-28(18-46-16-14-25(15-17-46)47-27-5-3-2-4-26(27)45-38(47)50)51-37(52-35(20)22-8-6-21(19-48)7-9-22)23-10-12-24(13-11-23)44-36(49)29-30(39)32(41)34(43)33(42)31(29)40/h2-13,20,25,28,35,37,48H,14-19H2,1H3,(H,44,49)(H,45,50). The third-order valence-electron chi connectivity index (χ3n) is 9.99. The van der Waals surface area contributed by atoms with E-state index < -0.39 is 53.0 Å². The molecule has 52 heavy (non-hydrogen) atoms. The first-order valence-corrected chi connectivity index (χ1v) is 16.9. The molecule has 7 rings (SSSR count). The van der Waals surface area contributed by atoms with Gasteiger partial charge in [0.05, 0.1) is 29.8 Å². The molecule has 5 aromatic rings. The Morgan fingerprint density at radius 3 is 2.12 bits per heavy atom. The lowest BCUT2D eigenvalue weighted by Gasteiger charge is -2.44. The number of H-pyrrole nitrogens is 1. The third-order valence-corrected chi connectivity index (χ3v) is 9.99. The van der Waals surface area contributed by atoms with Gasteiger partial charge < -0.3 is 29.8 Å². The number of halogens is 5. The number of nitrogens with one attached hydrogen (secondary N) is 2. The third kappa shape index (κ3) is 6.74. The fourth-order valence-corrected chi connectivity index (χ4v) is 7.10. The number of aliphatic hydroxyl groups is 1. The lowest BCUT2D eigenvalue weighted by atomic mass is 9.89. The molecule has 2 aliphatic rings. The Balaban J connectivity index is 1.08. The summed E-state index contributed by atoms with van der Waals surface area (Å²) >= 11 is 0. The number of aromatic amines is 1. The van der Waals surface area contributed by atoms with Crippen LogP contribution in [0.15, 0.2) is 77.6 Å². The van der Waals surface area contributed by atoms with Gasteiger partial charge in [-0.2, -0.15) is 0 Å². The first-order valence-electron chi connectivity index (χ1n) is 16.9. The first kappa shape index (κ1) is 35.5. The maximum absolute atomic E-state index is 14.2. The number of aromatic nitrogens is 2. The normalized spacial score (nSPS) is 21.4. The lowest BCUT2D eigenvalue weighted by molar-refractivity contribution is -0.276. The van der Waals surface area contributed by atoms with Gasteiger partial charge >= 0.3 is 5.69 Å². The molecule has 2 aliphatic heterocycles. The molecule has 4 atom stereocenters. The number of para-hydroxylation sites is 2. The number of nitrogens with zero attached hydrogens (tertiary/aromatic N) is 2. The summed E-state index contributed by atoms with van der Waals surface area (Å²) in [5, 5.41) is 11.7. The van der Waals surface area contributed by atoms with E-state index in [2.05, 4.69) is 15.2 Å². The van der Waals surface area contributed by atoms with Crippen molar-refractivity contribution < 1.29 is 41.3 Å². The molecule has 272 valence electrons. The number of carbonyl (C=O) groups excluding carboxylic acids is 1. The number of benzene rings is 4. The van der Waals surface area contributed by atoms with E-state index in [1.807, 2.05) is 60.0 Å². The van der Waals surface area contributed by atoms with Crippen molar-refractivity contribution in [2.45, 2.75) is 50.9 Å². The molecule has 0 radical (unpaired) electrons. The lowest BCUT2D eigenvalue weighted by Crippen LogP contribution is -2.47. The molecule has 0 bridgehead atoms. The van der Waals surface area contributed by atoms with Crippen molar-refractivity contribution in [1.82, 2.24) is 14.5 Å². The van der Waals surface area contributed by atoms with Crippen molar-refractivity contribution in [3.8, 4) is 0 Å². The molecule has 3 N–H and O–H groups in total. The Bertz CT molecular complexity index is 2120. The monoisotopic (exact) mass is 722 g/mol. The van der Waals surface area contributed by atoms with Crippen LogP contribution < -0.4 is 11.0 Å². The molecule has 0 saturated carbocycles. The summed E-state index contributed by atoms with van der Waals surface area (Å²) in [7, 11) is 0. The number of imidazole rings is 1. The Hall–Kier alpha value is -4.89. The molecule has 1 aromatic heterocycles. The van der Waals surface area contributed by atoms with Crippen molar-refractivity contribution in [2.24, 2.45) is 5.92 Å². The number of hydrogen-bond acceptors (Lipinski definition) is 6. The molecule has 2 saturated heterocycles. The summed E-state index contributed by atoms with van der Waals surface area (Å²) in [6.45, 7) is 3.99. The van der Waals surface area contributed by atoms with E-state index >= 15 is 0 Å². The van der Waals surface area contributed by atoms with Crippen LogP contribution in [0.4, 0.5) is 27.6 Å². The van der Waals surface area contributed by atoms with Crippen molar-refractivity contribution in [2.75, 3.05) is 25.0 Å². The van der Waals surface area contributed by atoms with Crippen LogP contribution in [0, 0.1) is 35.0 Å². The topological polar surface area (TPSA) is 109 Å². The molecular formula is C38H35F5N4O5. The molecule has 3 heterocycles. The predicted molar refractivity (Wildman–Crippen MR) is 181 cm³/mol. The minimum absolute atomic E-state index is 0.0340. The molecular weight excluding hydrogens is 687 g/mol. The van der Waals surface area contributed by atoms with Crippen molar-refractivity contribution in [1.29, 1.82) is 0 Å². The van der Waals surface area contributed by atoms with Gasteiger partial charge in [0.15, 0.2) is 29.6 Å². The summed E-state index contributed by atoms with van der Waals surface area (Å²) < 4.78 is 84.2. The number of fused-ring (bicyclic) bond motifs is 1. The number of ether oxygens (including phenoxy) is 2. The second kappa shape index (κ2) is 14.6. The molecule has 0 spiro atoms. The smallest absolute Gasteiger partial charge is 0.326 e. The highest BCUT2D eigenvalue weighted by atomic mass is 19.2. The van der Waals surface area contributed by atoms with Crippen LogP contribution in [-0.2, 0) is 16.1 Å². The summed E-state index contributed by atoms with van der Waals surface area (Å²) in [5.41, 5.74) is 2.19. The Kier molecular flexibility index (Phi) is 9.98. The maximum atomic E-state index is 14.2. The Morgan fingerprint density at radius 1 is 0.846 bits per heavy atom. The minimum Gasteiger partial charge on any atom is -0.392 e. The van der Waals surface area contributed by atoms with Gasteiger partial charge in [-0.25, -0.2) is 26.7 Å². The molecule has 2 fully saturated rings. The molecule has 4 aromatic carbocycles. The predicted octanol–water partition coefficient (Wildman–Crippen LogP) is 6.90. The van der Waals surface area contributed by atoms with E-state index in [0.717, 1.165) is 48.1 Å². The highest BCUT2D eigenvalue weighted by Crippen LogP contribution is 2.42. The van der Waals surface area contributed by atoms with Crippen LogP contribution in [0.3, 0.4) is 0 Å². The second-order valence-electron chi connectivity index (χ2n) is 13.2. The second-order valence-corrected chi connectivity index (χ2v) is 13.2. The SMILES string of the molecule is CC1C(CN2CCC(n3c(=O)[nH]c4ccccc43)CC2)OC(c2ccc(NC(=O)c3c(F)c(F)c(F)c(F)c3F)cc2)OC1c1ccc(CO)cc1. The van der Waals surface area contributed by atoms with Crippen molar-refractivity contribution in [3.05, 3.63) is 135 Å². The number of piperidine rings is 1. The van der Waals surface area contributed by atoms with Gasteiger partial charge in [0, 0.05) is 42.8 Å². The maximum Gasteiger partial charge on any atom is 0.326 e. The summed E-state index contributed by atoms with van der Waals surface area (Å²) in [6.07, 6.45) is -0.0410. The fourth-order valence-electron chi connectivity index (χ4n) is 7.10. The molecule has 9 nitrogen and oxygen atoms in total. The number of likely N-dealkylation sites (tertiary alicyclic amines) is 1. The van der Waals surface area contributed by atoms with Gasteiger partial charge in [0.2, 0.25) is 5.82 Å². The van der Waals surface area contributed by atoms with Gasteiger partial charge in [-0.3, -0.25) is 9.36 Å². The summed E-state index contributed by atoms with van der Waals surface area (Å²) in [4.78, 5) is 30.7. The average molecular weight is 723 g/mol. The van der Waals surface area contributed by atoms with E-state index in [1.165, 1.54) is 12.1 Å². The molecule has 14 heteroatoms. The number of rotatable bonds is 8. The van der Waals surface area contributed by atoms with Crippen LogP contribution in [-0.4, -0.2) is 51.2 Å². The van der Waals surface area contributed by atoms with Crippen LogP contribution in [0.25, 0.3) is 11.0 Å². The fraction of sp³-hybridized carbons (Fsp3) is 0.316. The van der Waals surface area contributed by atoms with E-state index in [4.69, 9.17) is 9.47 Å². The van der Waals surface area contributed by atoms with Gasteiger partial charge in [-0.05, 0) is 48.2 Å². The number of carbonyl (C=O) groups is 1. The van der Waals surface area contributed by atoms with Crippen LogP contribution >= 0.6 is 0 Å². The number of hydrogen-bond donors (Lipinski definition) is 3. The van der Waals surface area contributed by atoms with E-state index in [1.54, 1.807) is 12.1 Å². The summed E-state index contributed by atoms with van der Waals surface area (Å²) in [6, 6.07) is 21.1. The molecule has 0 aliphatic carbocycles. The largest absolute Gasteiger partial charge is 0.392 e. The van der Waals surface area contributed by atoms with E-state index in [9.17, 15) is 36.6 Å². The van der Waals surface area contributed by atoms with Gasteiger partial charge in [0.1, 0.15) is 5.56 Å². The molecule has 4 unspecified atom stereocenters. The van der Waals surface area contributed by atoms with Crippen LogP contribution in [0.1, 0.15) is 65.2 Å². The van der Waals surface area contributed by atoms with Crippen molar-refractivity contribution in [3.63, 3.8) is 0 Å². The number of amides is 1. The van der Waals surface area contributed by atoms with E-state index in [-0.39, 0.29) is 36.0 Å². The van der Waals surface area contributed by atoms with Gasteiger partial charge in [-0.1, -0.05) is 55.5 Å². The Morgan fingerprint density at radius 2 is 1.46 bits per heavy atom. The zero-order valence-electron chi connectivity index (χ0n) is 27.9. The van der Waals surface area contributed by atoms with Crippen LogP contribution in [0.5, 0.6) is 0 Å². The highest BCUT2D eigenvalue weighted by molar-refractivity contribution is 6.04. The zero-order chi connectivity index (χ0) is 36.7. The van der Waals surface area contributed by atoms with Gasteiger partial charge in [0.25, 0.3) is 5.91 Å². The highest BCUT2D eigenvalue weighted by Gasteiger charge is 2.40. The zero-order valence-corrected chi connectivity index (χ0v) is 27.9. The number of aliphatic hydroxyl groups excluding tert-OH is 1. The van der Waals surface area contributed by atoms with E-state index in [0.29, 0.717) is 12.1 Å². The average Bonchev–Trinajstić information content (AvgIpc) is 3.50. The number of anilines is 1. The first-order chi connectivity index (χ1) is 25.0. The van der Waals surface area contributed by atoms with Crippen LogP contribution in [0.2, 0.25) is 0 Å². The quantitative estimate of drug-likeness (QED) is 0.0915. The minimum atomic E-state index is -2.36. The molecule has 1 amide bonds. The Labute approximate surface area is 294 Å². The van der Waals surface area contributed by atoms with Gasteiger partial charge in [-0.15, -0.1) is 0 Å². The van der Waals surface area contributed by atoms with Crippen molar-refractivity contribution >= 4 is 22.6 Å². The summed E-state index contributed by atoms with van der Waals surface area (Å²) in [5.74, 6) is -12.9.